The van der Waals surface area contributed by atoms with E-state index in [0.29, 0.717) is 16.8 Å². The topological polar surface area (TPSA) is 70.1 Å². The van der Waals surface area contributed by atoms with Gasteiger partial charge in [-0.1, -0.05) is 0 Å². The molecule has 5 nitrogen and oxygen atoms in total. The second kappa shape index (κ2) is 8.49. The Morgan fingerprint density at radius 3 is 2.32 bits per heavy atom. The Labute approximate surface area is 178 Å². The molecule has 4 aromatic rings. The zero-order valence-electron chi connectivity index (χ0n) is 15.7. The van der Waals surface area contributed by atoms with Gasteiger partial charge in [0.1, 0.15) is 28.8 Å². The van der Waals surface area contributed by atoms with Crippen LogP contribution in [0.25, 0.3) is 11.3 Å². The van der Waals surface area contributed by atoms with Crippen LogP contribution in [0.15, 0.2) is 76.1 Å². The van der Waals surface area contributed by atoms with Gasteiger partial charge in [0.25, 0.3) is 0 Å². The van der Waals surface area contributed by atoms with Crippen molar-refractivity contribution in [3.05, 3.63) is 93.9 Å². The number of halogens is 3. The molecule has 9 heteroatoms. The third-order valence-electron chi connectivity index (χ3n) is 4.28. The normalized spacial score (nSPS) is 12.0. The van der Waals surface area contributed by atoms with Crippen LogP contribution in [0.2, 0.25) is 0 Å². The summed E-state index contributed by atoms with van der Waals surface area (Å²) in [4.78, 5) is 4.51. The molecule has 0 saturated carbocycles. The first-order chi connectivity index (χ1) is 14.9. The van der Waals surface area contributed by atoms with Crippen LogP contribution in [-0.2, 0) is 0 Å². The van der Waals surface area contributed by atoms with E-state index in [2.05, 4.69) is 10.1 Å². The summed E-state index contributed by atoms with van der Waals surface area (Å²) >= 11 is 1.15. The number of aromatic hydroxyl groups is 2. The standard InChI is InChI=1S/C22H14F3N3O2S/c23-15-4-1-13(2-5-15)20-12-31-22(27-19-8-6-16(24)9-18(19)25)28(20)26-11-14-3-7-17(29)10-21(14)30/h1-12,29-30H. The molecule has 0 atom stereocenters. The van der Waals surface area contributed by atoms with E-state index in [-0.39, 0.29) is 22.0 Å². The van der Waals surface area contributed by atoms with Crippen molar-refractivity contribution >= 4 is 23.2 Å². The van der Waals surface area contributed by atoms with E-state index in [4.69, 9.17) is 0 Å². The molecule has 0 saturated heterocycles. The van der Waals surface area contributed by atoms with Crippen LogP contribution in [0.4, 0.5) is 18.9 Å². The molecular formula is C22H14F3N3O2S. The van der Waals surface area contributed by atoms with Gasteiger partial charge in [0.05, 0.1) is 11.9 Å². The van der Waals surface area contributed by atoms with Gasteiger partial charge < -0.3 is 10.2 Å². The number of aromatic nitrogens is 1. The van der Waals surface area contributed by atoms with E-state index in [9.17, 15) is 23.4 Å². The van der Waals surface area contributed by atoms with Crippen LogP contribution < -0.4 is 4.80 Å². The van der Waals surface area contributed by atoms with Gasteiger partial charge in [-0.3, -0.25) is 0 Å². The Morgan fingerprint density at radius 2 is 1.61 bits per heavy atom. The van der Waals surface area contributed by atoms with Crippen molar-refractivity contribution in [2.45, 2.75) is 0 Å². The maximum absolute atomic E-state index is 14.1. The Hall–Kier alpha value is -3.85. The van der Waals surface area contributed by atoms with E-state index in [1.807, 2.05) is 0 Å². The zero-order chi connectivity index (χ0) is 22.0. The number of phenols is 2. The summed E-state index contributed by atoms with van der Waals surface area (Å²) in [5.41, 5.74) is 1.41. The lowest BCUT2D eigenvalue weighted by Gasteiger charge is -2.05. The Bertz CT molecular complexity index is 1350. The molecule has 0 aliphatic carbocycles. The van der Waals surface area contributed by atoms with E-state index >= 15 is 0 Å². The molecule has 0 bridgehead atoms. The summed E-state index contributed by atoms with van der Waals surface area (Å²) in [5.74, 6) is -2.24. The quantitative estimate of drug-likeness (QED) is 0.430. The highest BCUT2D eigenvalue weighted by atomic mass is 32.1. The fourth-order valence-electron chi connectivity index (χ4n) is 2.74. The average molecular weight is 441 g/mol. The highest BCUT2D eigenvalue weighted by Gasteiger charge is 2.10. The number of rotatable bonds is 4. The molecule has 1 aromatic heterocycles. The molecule has 0 radical (unpaired) electrons. The molecule has 0 spiro atoms. The smallest absolute Gasteiger partial charge is 0.211 e. The predicted molar refractivity (Wildman–Crippen MR) is 112 cm³/mol. The molecule has 156 valence electrons. The zero-order valence-corrected chi connectivity index (χ0v) is 16.5. The van der Waals surface area contributed by atoms with Crippen LogP contribution >= 0.6 is 11.3 Å². The first-order valence-electron chi connectivity index (χ1n) is 8.93. The Balaban J connectivity index is 1.86. The van der Waals surface area contributed by atoms with Gasteiger partial charge >= 0.3 is 0 Å². The van der Waals surface area contributed by atoms with Crippen LogP contribution in [0.1, 0.15) is 5.56 Å². The SMILES string of the molecule is Oc1ccc(C=Nn2c(-c3ccc(F)cc3)csc2=Nc2ccc(F)cc2F)c(O)c1. The molecule has 1 heterocycles. The monoisotopic (exact) mass is 441 g/mol. The summed E-state index contributed by atoms with van der Waals surface area (Å²) in [6.07, 6.45) is 1.34. The fraction of sp³-hybridized carbons (Fsp3) is 0. The molecule has 3 aromatic carbocycles. The average Bonchev–Trinajstić information content (AvgIpc) is 3.12. The third kappa shape index (κ3) is 4.51. The lowest BCUT2D eigenvalue weighted by atomic mass is 10.2. The highest BCUT2D eigenvalue weighted by molar-refractivity contribution is 7.07. The van der Waals surface area contributed by atoms with Gasteiger partial charge in [0, 0.05) is 28.6 Å². The first-order valence-corrected chi connectivity index (χ1v) is 9.81. The van der Waals surface area contributed by atoms with Crippen LogP contribution in [0.3, 0.4) is 0 Å². The first kappa shape index (κ1) is 20.4. The minimum Gasteiger partial charge on any atom is -0.508 e. The minimum atomic E-state index is -0.830. The Morgan fingerprint density at radius 1 is 0.871 bits per heavy atom. The van der Waals surface area contributed by atoms with Gasteiger partial charge in [0.2, 0.25) is 4.80 Å². The van der Waals surface area contributed by atoms with Gasteiger partial charge in [-0.05, 0) is 48.5 Å². The van der Waals surface area contributed by atoms with Crippen molar-refractivity contribution in [1.82, 2.24) is 4.68 Å². The van der Waals surface area contributed by atoms with E-state index in [1.54, 1.807) is 17.5 Å². The number of phenolic OH excluding ortho intramolecular Hbond substituents is 2. The van der Waals surface area contributed by atoms with Crippen molar-refractivity contribution in [2.24, 2.45) is 10.1 Å². The number of hydrogen-bond donors (Lipinski definition) is 2. The van der Waals surface area contributed by atoms with Crippen molar-refractivity contribution in [2.75, 3.05) is 0 Å². The van der Waals surface area contributed by atoms with Crippen molar-refractivity contribution in [1.29, 1.82) is 0 Å². The summed E-state index contributed by atoms with van der Waals surface area (Å²) in [6, 6.07) is 12.8. The van der Waals surface area contributed by atoms with Crippen LogP contribution in [0, 0.1) is 17.5 Å². The lowest BCUT2D eigenvalue weighted by Crippen LogP contribution is -2.11. The number of thiazole rings is 1. The molecule has 0 unspecified atom stereocenters. The third-order valence-corrected chi connectivity index (χ3v) is 5.09. The van der Waals surface area contributed by atoms with Gasteiger partial charge in [-0.25, -0.2) is 22.8 Å². The largest absolute Gasteiger partial charge is 0.508 e. The van der Waals surface area contributed by atoms with Crippen LogP contribution in [0.5, 0.6) is 11.5 Å². The van der Waals surface area contributed by atoms with Crippen molar-refractivity contribution < 1.29 is 23.4 Å². The maximum atomic E-state index is 14.1. The number of nitrogens with zero attached hydrogens (tertiary/aromatic N) is 3. The number of benzene rings is 3. The van der Waals surface area contributed by atoms with Gasteiger partial charge in [-0.15, -0.1) is 11.3 Å². The summed E-state index contributed by atoms with van der Waals surface area (Å²) in [7, 11) is 0. The molecule has 4 rings (SSSR count). The fourth-order valence-corrected chi connectivity index (χ4v) is 3.59. The molecule has 0 fully saturated rings. The highest BCUT2D eigenvalue weighted by Crippen LogP contribution is 2.24. The van der Waals surface area contributed by atoms with E-state index < -0.39 is 17.5 Å². The molecular weight excluding hydrogens is 427 g/mol. The lowest BCUT2D eigenvalue weighted by molar-refractivity contribution is 0.450. The molecule has 2 N–H and O–H groups in total. The van der Waals surface area contributed by atoms with E-state index in [1.165, 1.54) is 47.3 Å². The molecule has 31 heavy (non-hydrogen) atoms. The maximum Gasteiger partial charge on any atom is 0.211 e. The molecule has 0 aliphatic heterocycles. The van der Waals surface area contributed by atoms with Gasteiger partial charge in [-0.2, -0.15) is 5.10 Å². The molecule has 0 amide bonds. The second-order valence-corrected chi connectivity index (χ2v) is 7.25. The molecule has 0 aliphatic rings. The summed E-state index contributed by atoms with van der Waals surface area (Å²) in [6.45, 7) is 0. The number of hydrogen-bond acceptors (Lipinski definition) is 5. The summed E-state index contributed by atoms with van der Waals surface area (Å²) < 4.78 is 42.1. The minimum absolute atomic E-state index is 0.0784. The summed E-state index contributed by atoms with van der Waals surface area (Å²) in [5, 5.41) is 25.5. The van der Waals surface area contributed by atoms with E-state index in [0.717, 1.165) is 23.5 Å². The van der Waals surface area contributed by atoms with Crippen molar-refractivity contribution in [3.63, 3.8) is 0 Å². The predicted octanol–water partition coefficient (Wildman–Crippen LogP) is 5.16. The van der Waals surface area contributed by atoms with Crippen LogP contribution in [-0.4, -0.2) is 21.1 Å². The van der Waals surface area contributed by atoms with Crippen molar-refractivity contribution in [3.8, 4) is 22.8 Å². The second-order valence-electron chi connectivity index (χ2n) is 6.42. The Kier molecular flexibility index (Phi) is 5.59. The van der Waals surface area contributed by atoms with Gasteiger partial charge in [0.15, 0.2) is 5.82 Å².